The summed E-state index contributed by atoms with van der Waals surface area (Å²) in [5.41, 5.74) is 0.324. The van der Waals surface area contributed by atoms with Crippen molar-refractivity contribution in [1.82, 2.24) is 20.3 Å². The van der Waals surface area contributed by atoms with Gasteiger partial charge in [-0.2, -0.15) is 0 Å². The van der Waals surface area contributed by atoms with E-state index in [1.807, 2.05) is 4.90 Å². The van der Waals surface area contributed by atoms with Gasteiger partial charge >= 0.3 is 0 Å². The molecule has 0 bridgehead atoms. The fraction of sp³-hybridized carbons (Fsp3) is 0.333. The molecule has 1 saturated heterocycles. The van der Waals surface area contributed by atoms with Crippen LogP contribution in [0.3, 0.4) is 0 Å². The van der Waals surface area contributed by atoms with Crippen LogP contribution in [0, 0.1) is 5.82 Å². The van der Waals surface area contributed by atoms with Crippen molar-refractivity contribution in [3.63, 3.8) is 0 Å². The number of aromatic nitrogens is 3. The lowest BCUT2D eigenvalue weighted by molar-refractivity contribution is 0.0928. The zero-order chi connectivity index (χ0) is 16.2. The van der Waals surface area contributed by atoms with Gasteiger partial charge in [0, 0.05) is 36.0 Å². The predicted octanol–water partition coefficient (Wildman–Crippen LogP) is 2.17. The van der Waals surface area contributed by atoms with Crippen LogP contribution < -0.4 is 10.2 Å². The Balaban J connectivity index is 1.67. The quantitative estimate of drug-likeness (QED) is 0.884. The van der Waals surface area contributed by atoms with E-state index in [2.05, 4.69) is 36.2 Å². The maximum Gasteiger partial charge on any atom is 0.270 e. The molecule has 1 aliphatic rings. The third kappa shape index (κ3) is 3.82. The highest BCUT2D eigenvalue weighted by atomic mass is 79.9. The molecular weight excluding hydrogens is 365 g/mol. The van der Waals surface area contributed by atoms with Gasteiger partial charge in [-0.1, -0.05) is 0 Å². The van der Waals surface area contributed by atoms with Crippen LogP contribution in [0.2, 0.25) is 0 Å². The Morgan fingerprint density at radius 1 is 1.43 bits per heavy atom. The molecule has 1 aliphatic heterocycles. The average Bonchev–Trinajstić information content (AvgIpc) is 2.56. The molecule has 0 saturated carbocycles. The summed E-state index contributed by atoms with van der Waals surface area (Å²) in [6, 6.07) is 2.88. The number of pyridine rings is 1. The van der Waals surface area contributed by atoms with Crippen molar-refractivity contribution in [2.75, 3.05) is 18.0 Å². The van der Waals surface area contributed by atoms with Crippen molar-refractivity contribution in [1.29, 1.82) is 0 Å². The summed E-state index contributed by atoms with van der Waals surface area (Å²) >= 11 is 3.20. The van der Waals surface area contributed by atoms with Gasteiger partial charge in [0.25, 0.3) is 5.91 Å². The second-order valence-electron chi connectivity index (χ2n) is 5.31. The highest BCUT2D eigenvalue weighted by Crippen LogP contribution is 2.23. The smallest absolute Gasteiger partial charge is 0.270 e. The van der Waals surface area contributed by atoms with E-state index in [0.717, 1.165) is 12.8 Å². The van der Waals surface area contributed by atoms with Gasteiger partial charge in [0.1, 0.15) is 12.0 Å². The minimum absolute atomic E-state index is 0.0731. The van der Waals surface area contributed by atoms with Gasteiger partial charge in [-0.15, -0.1) is 0 Å². The molecule has 2 aromatic heterocycles. The van der Waals surface area contributed by atoms with E-state index in [9.17, 15) is 9.18 Å². The molecule has 6 nitrogen and oxygen atoms in total. The van der Waals surface area contributed by atoms with Crippen molar-refractivity contribution >= 4 is 27.7 Å². The molecule has 0 radical (unpaired) electrons. The van der Waals surface area contributed by atoms with Crippen molar-refractivity contribution < 1.29 is 9.18 Å². The third-order valence-electron chi connectivity index (χ3n) is 3.66. The van der Waals surface area contributed by atoms with Crippen LogP contribution in [0.4, 0.5) is 10.2 Å². The van der Waals surface area contributed by atoms with Gasteiger partial charge in [-0.05, 0) is 40.9 Å². The van der Waals surface area contributed by atoms with E-state index >= 15 is 0 Å². The van der Waals surface area contributed by atoms with E-state index in [1.165, 1.54) is 18.6 Å². The van der Waals surface area contributed by atoms with Gasteiger partial charge in [0.15, 0.2) is 11.6 Å². The van der Waals surface area contributed by atoms with Crippen LogP contribution in [-0.4, -0.2) is 40.0 Å². The number of rotatable bonds is 3. The number of halogens is 2. The lowest BCUT2D eigenvalue weighted by atomic mass is 10.1. The van der Waals surface area contributed by atoms with E-state index in [1.54, 1.807) is 12.3 Å². The van der Waals surface area contributed by atoms with Crippen molar-refractivity contribution in [3.8, 4) is 0 Å². The van der Waals surface area contributed by atoms with Crippen LogP contribution >= 0.6 is 15.9 Å². The zero-order valence-corrected chi connectivity index (χ0v) is 13.8. The van der Waals surface area contributed by atoms with Gasteiger partial charge in [0.2, 0.25) is 0 Å². The summed E-state index contributed by atoms with van der Waals surface area (Å²) in [5.74, 6) is -0.306. The molecule has 1 unspecified atom stereocenters. The first-order valence-electron chi connectivity index (χ1n) is 7.26. The van der Waals surface area contributed by atoms with Crippen LogP contribution in [0.25, 0.3) is 0 Å². The lowest BCUT2D eigenvalue weighted by Gasteiger charge is -2.34. The number of hydrogen-bond donors (Lipinski definition) is 1. The van der Waals surface area contributed by atoms with Gasteiger partial charge in [0.05, 0.1) is 0 Å². The van der Waals surface area contributed by atoms with Crippen LogP contribution in [-0.2, 0) is 0 Å². The molecular formula is C15H15BrFN5O. The van der Waals surface area contributed by atoms with Crippen molar-refractivity contribution in [2.24, 2.45) is 0 Å². The monoisotopic (exact) mass is 379 g/mol. The van der Waals surface area contributed by atoms with Gasteiger partial charge < -0.3 is 10.2 Å². The number of nitrogens with one attached hydrogen (secondary N) is 1. The van der Waals surface area contributed by atoms with E-state index < -0.39 is 0 Å². The maximum absolute atomic E-state index is 14.1. The van der Waals surface area contributed by atoms with Crippen molar-refractivity contribution in [2.45, 2.75) is 18.9 Å². The Kier molecular flexibility index (Phi) is 4.80. The number of amides is 1. The highest BCUT2D eigenvalue weighted by molar-refractivity contribution is 9.10. The minimum Gasteiger partial charge on any atom is -0.352 e. The molecule has 23 heavy (non-hydrogen) atoms. The summed E-state index contributed by atoms with van der Waals surface area (Å²) in [7, 11) is 0. The molecule has 120 valence electrons. The number of anilines is 1. The molecule has 1 amide bonds. The molecule has 8 heteroatoms. The highest BCUT2D eigenvalue weighted by Gasteiger charge is 2.24. The number of hydrogen-bond acceptors (Lipinski definition) is 5. The topological polar surface area (TPSA) is 71.0 Å². The number of carbonyl (C=O) groups excluding carboxylic acids is 1. The van der Waals surface area contributed by atoms with Crippen LogP contribution in [0.15, 0.2) is 35.3 Å². The third-order valence-corrected chi connectivity index (χ3v) is 4.09. The molecule has 2 aromatic rings. The Bertz CT molecular complexity index is 700. The molecule has 0 spiro atoms. The first-order chi connectivity index (χ1) is 11.1. The summed E-state index contributed by atoms with van der Waals surface area (Å²) in [5, 5.41) is 2.94. The Morgan fingerprint density at radius 2 is 2.30 bits per heavy atom. The average molecular weight is 380 g/mol. The SMILES string of the molecule is O=C(NC1CCCN(c2ncc(Br)cc2F)C1)c1ccncn1. The Morgan fingerprint density at radius 3 is 3.04 bits per heavy atom. The maximum atomic E-state index is 14.1. The summed E-state index contributed by atoms with van der Waals surface area (Å²) in [6.07, 6.45) is 6.12. The molecule has 1 N–H and O–H groups in total. The molecule has 3 heterocycles. The summed E-state index contributed by atoms with van der Waals surface area (Å²) < 4.78 is 14.7. The van der Waals surface area contributed by atoms with E-state index in [-0.39, 0.29) is 17.8 Å². The van der Waals surface area contributed by atoms with Gasteiger partial charge in [-0.25, -0.2) is 19.3 Å². The fourth-order valence-electron chi connectivity index (χ4n) is 2.61. The fourth-order valence-corrected chi connectivity index (χ4v) is 2.92. The molecule has 3 rings (SSSR count). The second kappa shape index (κ2) is 6.99. The standard InChI is InChI=1S/C15H15BrFN5O/c16-10-6-12(17)14(19-7-10)22-5-1-2-11(8-22)21-15(23)13-3-4-18-9-20-13/h3-4,6-7,9,11H,1-2,5,8H2,(H,21,23). The molecule has 1 fully saturated rings. The van der Waals surface area contributed by atoms with Crippen molar-refractivity contribution in [3.05, 3.63) is 46.8 Å². The molecule has 0 aliphatic carbocycles. The Labute approximate surface area is 141 Å². The minimum atomic E-state index is -0.373. The Hall–Kier alpha value is -2.09. The first-order valence-corrected chi connectivity index (χ1v) is 8.05. The van der Waals surface area contributed by atoms with Gasteiger partial charge in [-0.3, -0.25) is 4.79 Å². The largest absolute Gasteiger partial charge is 0.352 e. The second-order valence-corrected chi connectivity index (χ2v) is 6.23. The molecule has 1 atom stereocenters. The lowest BCUT2D eigenvalue weighted by Crippen LogP contribution is -2.48. The van der Waals surface area contributed by atoms with Crippen LogP contribution in [0.5, 0.6) is 0 Å². The number of carbonyl (C=O) groups is 1. The predicted molar refractivity (Wildman–Crippen MR) is 86.6 cm³/mol. The van der Waals surface area contributed by atoms with E-state index in [4.69, 9.17) is 0 Å². The first kappa shape index (κ1) is 15.8. The van der Waals surface area contributed by atoms with E-state index in [0.29, 0.717) is 29.1 Å². The number of nitrogens with zero attached hydrogens (tertiary/aromatic N) is 4. The van der Waals surface area contributed by atoms with Crippen LogP contribution in [0.1, 0.15) is 23.3 Å². The number of piperidine rings is 1. The summed E-state index contributed by atoms with van der Waals surface area (Å²) in [6.45, 7) is 1.23. The zero-order valence-electron chi connectivity index (χ0n) is 12.2. The summed E-state index contributed by atoms with van der Waals surface area (Å²) in [4.78, 5) is 25.9. The normalized spacial score (nSPS) is 17.8. The molecule has 0 aromatic carbocycles.